The fraction of sp³-hybridized carbons (Fsp3) is 0.480. The van der Waals surface area contributed by atoms with Crippen LogP contribution in [0.1, 0.15) is 75.8 Å². The van der Waals surface area contributed by atoms with Gasteiger partial charge in [-0.2, -0.15) is 0 Å². The number of aromatic nitrogens is 1. The van der Waals surface area contributed by atoms with Crippen LogP contribution in [0, 0.1) is 12.8 Å². The number of nitrogen functional groups attached to an aromatic ring is 1. The number of allylic oxidation sites excluding steroid dienone is 1. The van der Waals surface area contributed by atoms with Gasteiger partial charge in [-0.1, -0.05) is 64.8 Å². The van der Waals surface area contributed by atoms with E-state index in [-0.39, 0.29) is 0 Å². The molecule has 2 aromatic rings. The first-order valence-electron chi connectivity index (χ1n) is 10.6. The van der Waals surface area contributed by atoms with Crippen LogP contribution in [0.4, 0.5) is 5.69 Å². The van der Waals surface area contributed by atoms with E-state index in [0.29, 0.717) is 0 Å². The molecule has 0 unspecified atom stereocenters. The number of hydrogen-bond donors (Lipinski definition) is 1. The smallest absolute Gasteiger partial charge is 0.0451 e. The van der Waals surface area contributed by atoms with Crippen LogP contribution < -0.4 is 5.73 Å². The third kappa shape index (κ3) is 5.45. The molecular formula is C25H36N2. The van der Waals surface area contributed by atoms with Crippen LogP contribution in [0.2, 0.25) is 0 Å². The van der Waals surface area contributed by atoms with Crippen molar-refractivity contribution in [2.45, 2.75) is 73.1 Å². The number of fused-ring (bicyclic) bond motifs is 1. The van der Waals surface area contributed by atoms with Crippen molar-refractivity contribution in [3.8, 4) is 11.1 Å². The van der Waals surface area contributed by atoms with E-state index < -0.39 is 0 Å². The summed E-state index contributed by atoms with van der Waals surface area (Å²) < 4.78 is 0. The van der Waals surface area contributed by atoms with Crippen LogP contribution in [-0.4, -0.2) is 4.98 Å². The zero-order chi connectivity index (χ0) is 19.8. The first-order chi connectivity index (χ1) is 13.1. The summed E-state index contributed by atoms with van der Waals surface area (Å²) >= 11 is 0. The molecule has 1 saturated carbocycles. The Morgan fingerprint density at radius 2 is 1.81 bits per heavy atom. The largest absolute Gasteiger partial charge is 0.398 e. The predicted molar refractivity (Wildman–Crippen MR) is 120 cm³/mol. The SMILES string of the molecule is CC.CC/C=C\c1c(-c2ccc3c(c2N)CCC3)ccnc1C.CC1CC1. The number of hydrogen-bond acceptors (Lipinski definition) is 2. The van der Waals surface area contributed by atoms with Crippen molar-refractivity contribution < 1.29 is 0 Å². The summed E-state index contributed by atoms with van der Waals surface area (Å²) in [6.45, 7) is 10.5. The summed E-state index contributed by atoms with van der Waals surface area (Å²) in [5.74, 6) is 1.08. The van der Waals surface area contributed by atoms with Gasteiger partial charge in [-0.3, -0.25) is 4.98 Å². The van der Waals surface area contributed by atoms with Crippen LogP contribution in [-0.2, 0) is 12.8 Å². The van der Waals surface area contributed by atoms with Gasteiger partial charge in [0.05, 0.1) is 0 Å². The molecule has 4 rings (SSSR count). The Labute approximate surface area is 165 Å². The number of aryl methyl sites for hydroxylation is 2. The second kappa shape index (κ2) is 10.3. The minimum Gasteiger partial charge on any atom is -0.398 e. The van der Waals surface area contributed by atoms with E-state index in [0.717, 1.165) is 42.1 Å². The predicted octanol–water partition coefficient (Wildman–Crippen LogP) is 6.99. The fourth-order valence-corrected chi connectivity index (χ4v) is 3.36. The van der Waals surface area contributed by atoms with Crippen LogP contribution in [0.25, 0.3) is 17.2 Å². The van der Waals surface area contributed by atoms with Gasteiger partial charge in [-0.25, -0.2) is 0 Å². The molecule has 2 N–H and O–H groups in total. The topological polar surface area (TPSA) is 38.9 Å². The van der Waals surface area contributed by atoms with Gasteiger partial charge in [-0.05, 0) is 61.3 Å². The molecule has 146 valence electrons. The van der Waals surface area contributed by atoms with Crippen molar-refractivity contribution in [2.75, 3.05) is 5.73 Å². The highest BCUT2D eigenvalue weighted by Crippen LogP contribution is 2.37. The van der Waals surface area contributed by atoms with Crippen molar-refractivity contribution in [1.82, 2.24) is 4.98 Å². The molecule has 1 heterocycles. The quantitative estimate of drug-likeness (QED) is 0.596. The van der Waals surface area contributed by atoms with E-state index in [1.165, 1.54) is 41.5 Å². The summed E-state index contributed by atoms with van der Waals surface area (Å²) in [6.07, 6.45) is 13.7. The highest BCUT2D eigenvalue weighted by atomic mass is 14.7. The lowest BCUT2D eigenvalue weighted by Gasteiger charge is -2.14. The standard InChI is InChI=1S/C19H22N2.C4H8.C2H6/c1-3-4-7-15-13(2)21-12-11-17(15)18-10-9-14-6-5-8-16(14)19(18)20;1-4-2-3-4;1-2/h4,7,9-12H,3,5-6,8,20H2,1-2H3;4H,2-3H2,1H3;1-2H3/b7-4-;;. The summed E-state index contributed by atoms with van der Waals surface area (Å²) in [5, 5.41) is 0. The molecule has 0 spiro atoms. The normalized spacial score (nSPS) is 14.9. The van der Waals surface area contributed by atoms with Gasteiger partial charge in [-0.15, -0.1) is 0 Å². The Morgan fingerprint density at radius 1 is 1.11 bits per heavy atom. The van der Waals surface area contributed by atoms with Crippen molar-refractivity contribution in [1.29, 1.82) is 0 Å². The Hall–Kier alpha value is -2.09. The van der Waals surface area contributed by atoms with E-state index in [1.54, 1.807) is 0 Å². The van der Waals surface area contributed by atoms with Crippen molar-refractivity contribution in [3.63, 3.8) is 0 Å². The average molecular weight is 365 g/mol. The third-order valence-electron chi connectivity index (χ3n) is 5.19. The third-order valence-corrected chi connectivity index (χ3v) is 5.19. The second-order valence-electron chi connectivity index (χ2n) is 7.37. The molecule has 0 aliphatic heterocycles. The minimum atomic E-state index is 0.960. The van der Waals surface area contributed by atoms with Crippen molar-refractivity contribution >= 4 is 11.8 Å². The number of rotatable bonds is 3. The van der Waals surface area contributed by atoms with E-state index >= 15 is 0 Å². The van der Waals surface area contributed by atoms with Gasteiger partial charge < -0.3 is 5.73 Å². The lowest BCUT2D eigenvalue weighted by molar-refractivity contribution is 0.912. The Kier molecular flexibility index (Phi) is 8.09. The van der Waals surface area contributed by atoms with Gasteiger partial charge in [0, 0.05) is 28.7 Å². The van der Waals surface area contributed by atoms with Crippen LogP contribution in [0.15, 0.2) is 30.5 Å². The van der Waals surface area contributed by atoms with E-state index in [2.05, 4.69) is 56.1 Å². The Morgan fingerprint density at radius 3 is 2.44 bits per heavy atom. The van der Waals surface area contributed by atoms with E-state index in [1.807, 2.05) is 20.0 Å². The first kappa shape index (κ1) is 21.2. The van der Waals surface area contributed by atoms with E-state index in [9.17, 15) is 0 Å². The molecule has 0 saturated heterocycles. The second-order valence-corrected chi connectivity index (χ2v) is 7.37. The highest BCUT2D eigenvalue weighted by molar-refractivity contribution is 5.85. The maximum absolute atomic E-state index is 6.47. The zero-order valence-electron chi connectivity index (χ0n) is 17.8. The molecule has 1 aromatic heterocycles. The summed E-state index contributed by atoms with van der Waals surface area (Å²) in [7, 11) is 0. The average Bonchev–Trinajstić information content (AvgIpc) is 3.31. The fourth-order valence-electron chi connectivity index (χ4n) is 3.36. The van der Waals surface area contributed by atoms with Crippen molar-refractivity contribution in [2.24, 2.45) is 5.92 Å². The molecule has 0 atom stereocenters. The molecule has 1 fully saturated rings. The van der Waals surface area contributed by atoms with Gasteiger partial charge in [0.15, 0.2) is 0 Å². The highest BCUT2D eigenvalue weighted by Gasteiger charge is 2.18. The number of nitrogens with zero attached hydrogens (tertiary/aromatic N) is 1. The maximum atomic E-state index is 6.47. The number of nitrogens with two attached hydrogens (primary N) is 1. The lowest BCUT2D eigenvalue weighted by Crippen LogP contribution is -1.99. The molecule has 27 heavy (non-hydrogen) atoms. The molecular weight excluding hydrogens is 328 g/mol. The molecule has 2 aliphatic rings. The van der Waals surface area contributed by atoms with Crippen LogP contribution >= 0.6 is 0 Å². The summed E-state index contributed by atoms with van der Waals surface area (Å²) in [4.78, 5) is 4.43. The molecule has 1 aromatic carbocycles. The van der Waals surface area contributed by atoms with E-state index in [4.69, 9.17) is 5.73 Å². The van der Waals surface area contributed by atoms with Gasteiger partial charge >= 0.3 is 0 Å². The van der Waals surface area contributed by atoms with Gasteiger partial charge in [0.2, 0.25) is 0 Å². The maximum Gasteiger partial charge on any atom is 0.0451 e. The van der Waals surface area contributed by atoms with Crippen molar-refractivity contribution in [3.05, 3.63) is 52.9 Å². The van der Waals surface area contributed by atoms with Crippen LogP contribution in [0.3, 0.4) is 0 Å². The van der Waals surface area contributed by atoms with Crippen LogP contribution in [0.5, 0.6) is 0 Å². The number of anilines is 1. The molecule has 0 radical (unpaired) electrons. The minimum absolute atomic E-state index is 0.960. The van der Waals surface area contributed by atoms with Gasteiger partial charge in [0.1, 0.15) is 0 Å². The summed E-state index contributed by atoms with van der Waals surface area (Å²) in [6, 6.07) is 6.50. The molecule has 2 heteroatoms. The summed E-state index contributed by atoms with van der Waals surface area (Å²) in [5.41, 5.74) is 14.8. The molecule has 2 aliphatic carbocycles. The molecule has 0 bridgehead atoms. The number of benzene rings is 1. The molecule has 0 amide bonds. The Bertz CT molecular complexity index is 770. The molecule has 2 nitrogen and oxygen atoms in total. The monoisotopic (exact) mass is 364 g/mol. The zero-order valence-corrected chi connectivity index (χ0v) is 17.8. The first-order valence-corrected chi connectivity index (χ1v) is 10.6. The Balaban J connectivity index is 0.000000378. The lowest BCUT2D eigenvalue weighted by atomic mass is 9.94. The van der Waals surface area contributed by atoms with Gasteiger partial charge in [0.25, 0.3) is 0 Å². The number of pyridine rings is 1.